The molecule has 0 fully saturated rings. The van der Waals surface area contributed by atoms with E-state index in [1.807, 2.05) is 0 Å². The molecule has 0 unspecified atom stereocenters. The fourth-order valence-electron chi connectivity index (χ4n) is 1.33. The minimum atomic E-state index is -4.80. The van der Waals surface area contributed by atoms with Gasteiger partial charge in [0.2, 0.25) is 5.78 Å². The van der Waals surface area contributed by atoms with Gasteiger partial charge in [-0.25, -0.2) is 0 Å². The highest BCUT2D eigenvalue weighted by Crippen LogP contribution is 2.33. The lowest BCUT2D eigenvalue weighted by molar-refractivity contribution is -0.178. The number of ether oxygens (including phenoxy) is 2. The highest BCUT2D eigenvalue weighted by atomic mass is 35.5. The number of Topliss-reactive ketones (excluding diaryl/α,β-unsaturated/α-hetero) is 1. The summed E-state index contributed by atoms with van der Waals surface area (Å²) in [5.74, 6) is -1.93. The van der Waals surface area contributed by atoms with Crippen molar-refractivity contribution in [1.82, 2.24) is 0 Å². The van der Waals surface area contributed by atoms with Crippen molar-refractivity contribution in [3.8, 4) is 5.75 Å². The molecule has 0 amide bonds. The number of hydrogen-bond donors (Lipinski definition) is 0. The quantitative estimate of drug-likeness (QED) is 0.411. The van der Waals surface area contributed by atoms with E-state index in [1.165, 1.54) is 12.1 Å². The number of hydrogen-bond acceptors (Lipinski definition) is 3. The minimum absolute atomic E-state index is 0.545. The third-order valence-electron chi connectivity index (χ3n) is 2.20. The lowest BCUT2D eigenvalue weighted by atomic mass is 10.1. The molecule has 0 saturated heterocycles. The summed E-state index contributed by atoms with van der Waals surface area (Å²) in [6.07, 6.45) is -9.48. The van der Waals surface area contributed by atoms with Gasteiger partial charge in [-0.15, -0.1) is 0 Å². The van der Waals surface area contributed by atoms with E-state index in [0.717, 1.165) is 12.1 Å². The lowest BCUT2D eigenvalue weighted by Gasteiger charge is -2.21. The molecule has 11 heteroatoms. The molecule has 0 aliphatic rings. The van der Waals surface area contributed by atoms with Crippen LogP contribution in [0.25, 0.3) is 0 Å². The zero-order valence-corrected chi connectivity index (χ0v) is 12.5. The first-order valence-corrected chi connectivity index (χ1v) is 6.49. The van der Waals surface area contributed by atoms with E-state index >= 15 is 0 Å². The molecule has 0 bridgehead atoms. The van der Waals surface area contributed by atoms with Crippen LogP contribution in [0.5, 0.6) is 5.75 Å². The largest absolute Gasteiger partial charge is 0.483 e. The van der Waals surface area contributed by atoms with E-state index in [0.29, 0.717) is 0 Å². The number of ketones is 1. The summed E-state index contributed by atoms with van der Waals surface area (Å²) in [5, 5.41) is 0. The molecule has 0 aromatic heterocycles. The summed E-state index contributed by atoms with van der Waals surface area (Å²) in [7, 11) is 0. The fraction of sp³-hybridized carbons (Fsp3) is 0.417. The molecule has 1 aromatic rings. The van der Waals surface area contributed by atoms with Crippen LogP contribution < -0.4 is 4.74 Å². The van der Waals surface area contributed by atoms with Crippen molar-refractivity contribution in [3.63, 3.8) is 0 Å². The molecule has 0 N–H and O–H groups in total. The Kier molecular flexibility index (Phi) is 6.17. The standard InChI is InChI=1S/C12H8Cl2F6O3/c13-12(14,23-6-11(18,19)20)9(21)7-3-1-2-4-8(7)22-5-10(15,16)17/h1-4H,5-6H2. The van der Waals surface area contributed by atoms with Crippen LogP contribution in [0.4, 0.5) is 26.3 Å². The maximum atomic E-state index is 12.1. The molecule has 0 atom stereocenters. The Balaban J connectivity index is 2.94. The SMILES string of the molecule is O=C(c1ccccc1OCC(F)(F)F)C(Cl)(Cl)OCC(F)(F)F. The average Bonchev–Trinajstić information content (AvgIpc) is 2.41. The van der Waals surface area contributed by atoms with Crippen LogP contribution in [0.15, 0.2) is 24.3 Å². The van der Waals surface area contributed by atoms with Crippen molar-refractivity contribution in [3.05, 3.63) is 29.8 Å². The molecule has 1 rings (SSSR count). The summed E-state index contributed by atoms with van der Waals surface area (Å²) >= 11 is 10.8. The first-order valence-electron chi connectivity index (χ1n) is 5.74. The molecule has 0 heterocycles. The maximum Gasteiger partial charge on any atom is 0.422 e. The Hall–Kier alpha value is -1.19. The number of alkyl halides is 8. The molecule has 3 nitrogen and oxygen atoms in total. The van der Waals surface area contributed by atoms with Gasteiger partial charge in [-0.2, -0.15) is 26.3 Å². The zero-order valence-electron chi connectivity index (χ0n) is 11.0. The number of carbonyl (C=O) groups is 1. The number of para-hydroxylation sites is 1. The Bertz CT molecular complexity index is 556. The molecule has 0 radical (unpaired) electrons. The van der Waals surface area contributed by atoms with Crippen LogP contribution in [0.1, 0.15) is 10.4 Å². The van der Waals surface area contributed by atoms with Gasteiger partial charge >= 0.3 is 12.4 Å². The molecule has 0 saturated carbocycles. The molecule has 0 spiro atoms. The fourth-order valence-corrected chi connectivity index (χ4v) is 1.65. The molecule has 130 valence electrons. The van der Waals surface area contributed by atoms with E-state index < -0.39 is 47.2 Å². The van der Waals surface area contributed by atoms with Crippen LogP contribution in [0.2, 0.25) is 0 Å². The van der Waals surface area contributed by atoms with E-state index in [4.69, 9.17) is 23.2 Å². The number of halogens is 8. The summed E-state index contributed by atoms with van der Waals surface area (Å²) < 4.78 is 78.3. The van der Waals surface area contributed by atoms with Crippen LogP contribution in [-0.2, 0) is 4.74 Å². The van der Waals surface area contributed by atoms with Crippen molar-refractivity contribution in [1.29, 1.82) is 0 Å². The summed E-state index contributed by atoms with van der Waals surface area (Å²) in [4.78, 5) is 12.0. The van der Waals surface area contributed by atoms with Crippen LogP contribution in [0, 0.1) is 0 Å². The Morgan fingerprint density at radius 1 is 0.957 bits per heavy atom. The monoisotopic (exact) mass is 384 g/mol. The van der Waals surface area contributed by atoms with E-state index in [1.54, 1.807) is 0 Å². The Morgan fingerprint density at radius 2 is 1.48 bits per heavy atom. The predicted octanol–water partition coefficient (Wildman–Crippen LogP) is 4.52. The normalized spacial score (nSPS) is 13.0. The molecule has 1 aromatic carbocycles. The molecular weight excluding hydrogens is 377 g/mol. The van der Waals surface area contributed by atoms with Crippen LogP contribution in [0.3, 0.4) is 0 Å². The van der Waals surface area contributed by atoms with E-state index in [-0.39, 0.29) is 0 Å². The third-order valence-corrected chi connectivity index (χ3v) is 2.77. The highest BCUT2D eigenvalue weighted by Gasteiger charge is 2.41. The van der Waals surface area contributed by atoms with E-state index in [2.05, 4.69) is 9.47 Å². The van der Waals surface area contributed by atoms with Gasteiger partial charge in [0.25, 0.3) is 4.52 Å². The van der Waals surface area contributed by atoms with Gasteiger partial charge < -0.3 is 9.47 Å². The van der Waals surface area contributed by atoms with Gasteiger partial charge in [0, 0.05) is 0 Å². The first kappa shape index (κ1) is 19.9. The van der Waals surface area contributed by atoms with E-state index in [9.17, 15) is 31.1 Å². The van der Waals surface area contributed by atoms with Crippen molar-refractivity contribution >= 4 is 29.0 Å². The number of rotatable bonds is 6. The van der Waals surface area contributed by atoms with Crippen LogP contribution in [-0.4, -0.2) is 35.9 Å². The Morgan fingerprint density at radius 3 is 2.00 bits per heavy atom. The average molecular weight is 385 g/mol. The second-order valence-corrected chi connectivity index (χ2v) is 5.41. The topological polar surface area (TPSA) is 35.5 Å². The summed E-state index contributed by atoms with van der Waals surface area (Å²) in [6.45, 7) is -3.63. The smallest absolute Gasteiger partial charge is 0.422 e. The van der Waals surface area contributed by atoms with Gasteiger partial charge in [0.15, 0.2) is 6.61 Å². The molecular formula is C12H8Cl2F6O3. The summed E-state index contributed by atoms with van der Waals surface area (Å²) in [6, 6.07) is 4.49. The van der Waals surface area contributed by atoms with Crippen molar-refractivity contribution < 1.29 is 40.6 Å². The van der Waals surface area contributed by atoms with Crippen LogP contribution >= 0.6 is 23.2 Å². The highest BCUT2D eigenvalue weighted by molar-refractivity contribution is 6.58. The third kappa shape index (κ3) is 6.84. The first-order chi connectivity index (χ1) is 10.3. The van der Waals surface area contributed by atoms with Gasteiger partial charge in [0.05, 0.1) is 5.56 Å². The predicted molar refractivity (Wildman–Crippen MR) is 68.8 cm³/mol. The van der Waals surface area contributed by atoms with Gasteiger partial charge in [0.1, 0.15) is 12.4 Å². The Labute approximate surface area is 136 Å². The summed E-state index contributed by atoms with van der Waals surface area (Å²) in [5.41, 5.74) is -0.552. The van der Waals surface area contributed by atoms with Crippen molar-refractivity contribution in [2.45, 2.75) is 16.9 Å². The molecule has 0 aliphatic carbocycles. The maximum absolute atomic E-state index is 12.1. The zero-order chi connectivity index (χ0) is 17.9. The lowest BCUT2D eigenvalue weighted by Crippen LogP contribution is -2.34. The van der Waals surface area contributed by atoms with Crippen molar-refractivity contribution in [2.24, 2.45) is 0 Å². The van der Waals surface area contributed by atoms with Gasteiger partial charge in [-0.05, 0) is 12.1 Å². The van der Waals surface area contributed by atoms with Gasteiger partial charge in [-0.3, -0.25) is 4.79 Å². The second-order valence-electron chi connectivity index (χ2n) is 4.15. The molecule has 23 heavy (non-hydrogen) atoms. The minimum Gasteiger partial charge on any atom is -0.483 e. The number of benzene rings is 1. The molecule has 0 aliphatic heterocycles. The van der Waals surface area contributed by atoms with Gasteiger partial charge in [-0.1, -0.05) is 35.3 Å². The number of carbonyl (C=O) groups excluding carboxylic acids is 1. The van der Waals surface area contributed by atoms with Crippen molar-refractivity contribution in [2.75, 3.05) is 13.2 Å². The second kappa shape index (κ2) is 7.14.